The molecular formula is C16H11F4N5O2. The number of hydrogen-bond acceptors (Lipinski definition) is 5. The second kappa shape index (κ2) is 7.40. The third-order valence-corrected chi connectivity index (χ3v) is 3.26. The molecule has 0 spiro atoms. The molecule has 0 aliphatic heterocycles. The normalized spacial score (nSPS) is 11.3. The number of amides is 2. The van der Waals surface area contributed by atoms with E-state index in [-0.39, 0.29) is 23.6 Å². The van der Waals surface area contributed by atoms with E-state index in [1.54, 1.807) is 0 Å². The van der Waals surface area contributed by atoms with Gasteiger partial charge < -0.3 is 15.2 Å². The lowest BCUT2D eigenvalue weighted by Gasteiger charge is -2.07. The van der Waals surface area contributed by atoms with Gasteiger partial charge in [-0.25, -0.2) is 9.18 Å². The first kappa shape index (κ1) is 18.3. The summed E-state index contributed by atoms with van der Waals surface area (Å²) in [7, 11) is 0. The van der Waals surface area contributed by atoms with E-state index < -0.39 is 23.9 Å². The molecule has 0 radical (unpaired) electrons. The van der Waals surface area contributed by atoms with Gasteiger partial charge in [-0.3, -0.25) is 4.98 Å². The molecule has 0 unspecified atom stereocenters. The average molecular weight is 381 g/mol. The summed E-state index contributed by atoms with van der Waals surface area (Å²) in [5.74, 6) is -2.18. The van der Waals surface area contributed by atoms with Gasteiger partial charge in [-0.15, -0.1) is 0 Å². The highest BCUT2D eigenvalue weighted by Crippen LogP contribution is 2.29. The molecule has 0 aliphatic rings. The van der Waals surface area contributed by atoms with Crippen molar-refractivity contribution in [1.29, 1.82) is 0 Å². The molecule has 0 bridgehead atoms. The van der Waals surface area contributed by atoms with Gasteiger partial charge in [-0.2, -0.15) is 18.2 Å². The Hall–Kier alpha value is -3.50. The largest absolute Gasteiger partial charge is 0.471 e. The number of nitrogens with zero attached hydrogens (tertiary/aromatic N) is 3. The number of carbonyl (C=O) groups is 1. The number of alkyl halides is 3. The Bertz CT molecular complexity index is 940. The lowest BCUT2D eigenvalue weighted by Crippen LogP contribution is -2.28. The van der Waals surface area contributed by atoms with Crippen molar-refractivity contribution in [2.24, 2.45) is 0 Å². The maximum Gasteiger partial charge on any atom is 0.471 e. The van der Waals surface area contributed by atoms with Crippen LogP contribution in [0, 0.1) is 5.82 Å². The van der Waals surface area contributed by atoms with Crippen molar-refractivity contribution in [3.8, 4) is 11.4 Å². The fourth-order valence-corrected chi connectivity index (χ4v) is 2.03. The predicted octanol–water partition coefficient (Wildman–Crippen LogP) is 3.61. The average Bonchev–Trinajstić information content (AvgIpc) is 3.11. The van der Waals surface area contributed by atoms with Crippen LogP contribution in [0.15, 0.2) is 47.1 Å². The standard InChI is InChI=1S/C16H11F4N5O2/c17-10-2-1-3-11(6-10)23-15(26)22-8-12-5-4-9(7-21-12)13-24-14(27-25-13)16(18,19)20/h1-7H,8H2,(H2,22,23,26). The number of hydrogen-bond donors (Lipinski definition) is 2. The number of carbonyl (C=O) groups excluding carboxylic acids is 1. The summed E-state index contributed by atoms with van der Waals surface area (Å²) in [5.41, 5.74) is 0.947. The Morgan fingerprint density at radius 2 is 2.00 bits per heavy atom. The summed E-state index contributed by atoms with van der Waals surface area (Å²) in [5, 5.41) is 8.22. The smallest absolute Gasteiger partial charge is 0.332 e. The second-order valence-corrected chi connectivity index (χ2v) is 5.28. The van der Waals surface area contributed by atoms with Gasteiger partial charge in [-0.1, -0.05) is 11.2 Å². The molecule has 0 saturated carbocycles. The van der Waals surface area contributed by atoms with Crippen molar-refractivity contribution < 1.29 is 26.9 Å². The third-order valence-electron chi connectivity index (χ3n) is 3.26. The van der Waals surface area contributed by atoms with E-state index in [0.29, 0.717) is 5.69 Å². The summed E-state index contributed by atoms with van der Waals surface area (Å²) >= 11 is 0. The van der Waals surface area contributed by atoms with Crippen LogP contribution >= 0.6 is 0 Å². The monoisotopic (exact) mass is 381 g/mol. The third kappa shape index (κ3) is 4.77. The van der Waals surface area contributed by atoms with Crippen molar-refractivity contribution in [3.63, 3.8) is 0 Å². The highest BCUT2D eigenvalue weighted by atomic mass is 19.4. The maximum absolute atomic E-state index is 13.1. The minimum Gasteiger partial charge on any atom is -0.332 e. The van der Waals surface area contributed by atoms with E-state index in [2.05, 4.69) is 30.3 Å². The SMILES string of the molecule is O=C(NCc1ccc(-c2noc(C(F)(F)F)n2)cn1)Nc1cccc(F)c1. The molecule has 3 rings (SSSR count). The van der Waals surface area contributed by atoms with E-state index in [0.717, 1.165) is 6.07 Å². The van der Waals surface area contributed by atoms with Gasteiger partial charge in [0.15, 0.2) is 0 Å². The molecule has 27 heavy (non-hydrogen) atoms. The molecule has 7 nitrogen and oxygen atoms in total. The summed E-state index contributed by atoms with van der Waals surface area (Å²) in [6.07, 6.45) is -3.47. The van der Waals surface area contributed by atoms with Crippen LogP contribution in [-0.2, 0) is 12.7 Å². The van der Waals surface area contributed by atoms with E-state index in [1.807, 2.05) is 0 Å². The van der Waals surface area contributed by atoms with Crippen molar-refractivity contribution in [1.82, 2.24) is 20.4 Å². The molecular weight excluding hydrogens is 370 g/mol. The Labute approximate surface area is 149 Å². The van der Waals surface area contributed by atoms with Crippen molar-refractivity contribution >= 4 is 11.7 Å². The number of aromatic nitrogens is 3. The molecule has 2 heterocycles. The number of rotatable bonds is 4. The quantitative estimate of drug-likeness (QED) is 0.674. The van der Waals surface area contributed by atoms with Gasteiger partial charge in [0.1, 0.15) is 5.82 Å². The minimum absolute atomic E-state index is 0.0431. The van der Waals surface area contributed by atoms with Gasteiger partial charge in [-0.05, 0) is 30.3 Å². The zero-order chi connectivity index (χ0) is 19.4. The van der Waals surface area contributed by atoms with Gasteiger partial charge >= 0.3 is 18.1 Å². The van der Waals surface area contributed by atoms with Gasteiger partial charge in [0.25, 0.3) is 0 Å². The highest BCUT2D eigenvalue weighted by molar-refractivity contribution is 5.89. The number of benzene rings is 1. The maximum atomic E-state index is 13.1. The van der Waals surface area contributed by atoms with Crippen LogP contribution in [0.1, 0.15) is 11.6 Å². The van der Waals surface area contributed by atoms with Crippen molar-refractivity contribution in [3.05, 3.63) is 60.0 Å². The molecule has 3 aromatic rings. The zero-order valence-electron chi connectivity index (χ0n) is 13.4. The van der Waals surface area contributed by atoms with Gasteiger partial charge in [0.2, 0.25) is 5.82 Å². The Morgan fingerprint density at radius 1 is 1.19 bits per heavy atom. The molecule has 0 fully saturated rings. The first-order valence-electron chi connectivity index (χ1n) is 7.48. The van der Waals surface area contributed by atoms with Crippen molar-refractivity contribution in [2.45, 2.75) is 12.7 Å². The first-order chi connectivity index (χ1) is 12.8. The lowest BCUT2D eigenvalue weighted by molar-refractivity contribution is -0.159. The van der Waals surface area contributed by atoms with Crippen LogP contribution in [0.2, 0.25) is 0 Å². The van der Waals surface area contributed by atoms with E-state index in [9.17, 15) is 22.4 Å². The minimum atomic E-state index is -4.72. The number of halogens is 4. The summed E-state index contributed by atoms with van der Waals surface area (Å²) in [4.78, 5) is 19.0. The molecule has 0 atom stereocenters. The van der Waals surface area contributed by atoms with Gasteiger partial charge in [0.05, 0.1) is 12.2 Å². The summed E-state index contributed by atoms with van der Waals surface area (Å²) in [6, 6.07) is 7.74. The molecule has 0 aliphatic carbocycles. The molecule has 2 N–H and O–H groups in total. The Morgan fingerprint density at radius 3 is 2.63 bits per heavy atom. The first-order valence-corrected chi connectivity index (χ1v) is 7.48. The highest BCUT2D eigenvalue weighted by Gasteiger charge is 2.38. The lowest BCUT2D eigenvalue weighted by atomic mass is 10.2. The van der Waals surface area contributed by atoms with Crippen LogP contribution in [0.3, 0.4) is 0 Å². The van der Waals surface area contributed by atoms with Gasteiger partial charge in [0, 0.05) is 17.4 Å². The number of nitrogens with one attached hydrogen (secondary N) is 2. The number of pyridine rings is 1. The number of anilines is 1. The van der Waals surface area contributed by atoms with Crippen LogP contribution in [0.4, 0.5) is 28.0 Å². The van der Waals surface area contributed by atoms with E-state index in [1.165, 1.54) is 36.5 Å². The van der Waals surface area contributed by atoms with Crippen LogP contribution in [0.25, 0.3) is 11.4 Å². The van der Waals surface area contributed by atoms with E-state index >= 15 is 0 Å². The second-order valence-electron chi connectivity index (χ2n) is 5.28. The van der Waals surface area contributed by atoms with E-state index in [4.69, 9.17) is 0 Å². The topological polar surface area (TPSA) is 92.9 Å². The number of urea groups is 1. The molecule has 0 saturated heterocycles. The Kier molecular flexibility index (Phi) is 5.01. The fourth-order valence-electron chi connectivity index (χ4n) is 2.03. The zero-order valence-corrected chi connectivity index (χ0v) is 13.4. The summed E-state index contributed by atoms with van der Waals surface area (Å²) in [6.45, 7) is 0.0431. The van der Waals surface area contributed by atoms with Crippen molar-refractivity contribution in [2.75, 3.05) is 5.32 Å². The summed E-state index contributed by atoms with van der Waals surface area (Å²) < 4.78 is 54.6. The van der Waals surface area contributed by atoms with Crippen LogP contribution in [-0.4, -0.2) is 21.2 Å². The predicted molar refractivity (Wildman–Crippen MR) is 84.8 cm³/mol. The Balaban J connectivity index is 1.57. The molecule has 2 amide bonds. The van der Waals surface area contributed by atoms with Crippen LogP contribution < -0.4 is 10.6 Å². The molecule has 1 aromatic carbocycles. The van der Waals surface area contributed by atoms with Crippen LogP contribution in [0.5, 0.6) is 0 Å². The molecule has 11 heteroatoms. The molecule has 140 valence electrons. The fraction of sp³-hybridized carbons (Fsp3) is 0.125. The molecule has 2 aromatic heterocycles.